The van der Waals surface area contributed by atoms with Gasteiger partial charge in [0.05, 0.1) is 23.3 Å². The van der Waals surface area contributed by atoms with Crippen LogP contribution in [0.2, 0.25) is 0 Å². The van der Waals surface area contributed by atoms with Crippen molar-refractivity contribution < 1.29 is 0 Å². The summed E-state index contributed by atoms with van der Waals surface area (Å²) in [5, 5.41) is 3.04. The van der Waals surface area contributed by atoms with Crippen LogP contribution in [0.4, 0.5) is 17.1 Å². The summed E-state index contributed by atoms with van der Waals surface area (Å²) in [5.74, 6) is 0. The van der Waals surface area contributed by atoms with E-state index in [2.05, 4.69) is 15.3 Å². The lowest BCUT2D eigenvalue weighted by molar-refractivity contribution is 1.08. The molecule has 1 aromatic heterocycles. The highest BCUT2D eigenvalue weighted by molar-refractivity contribution is 5.71. The number of nitrogens with one attached hydrogen (secondary N) is 2. The lowest BCUT2D eigenvalue weighted by Gasteiger charge is -2.07. The summed E-state index contributed by atoms with van der Waals surface area (Å²) in [5.41, 5.74) is 7.48. The highest BCUT2D eigenvalue weighted by atomic mass is 16.1. The van der Waals surface area contributed by atoms with Crippen LogP contribution in [0.1, 0.15) is 0 Å². The molecule has 0 amide bonds. The molecule has 5 heteroatoms. The quantitative estimate of drug-likeness (QED) is 0.636. The van der Waals surface area contributed by atoms with Crippen LogP contribution < -0.4 is 16.7 Å². The topological polar surface area (TPSA) is 83.8 Å². The molecule has 0 aliphatic heterocycles. The van der Waals surface area contributed by atoms with Crippen LogP contribution in [0.15, 0.2) is 41.5 Å². The fourth-order valence-corrected chi connectivity index (χ4v) is 1.18. The van der Waals surface area contributed by atoms with Crippen LogP contribution in [0.5, 0.6) is 0 Å². The van der Waals surface area contributed by atoms with E-state index in [-0.39, 0.29) is 5.69 Å². The van der Waals surface area contributed by atoms with E-state index in [0.29, 0.717) is 11.4 Å². The summed E-state index contributed by atoms with van der Waals surface area (Å²) < 4.78 is 0. The van der Waals surface area contributed by atoms with E-state index in [1.54, 1.807) is 12.3 Å². The van der Waals surface area contributed by atoms with Crippen LogP contribution in [-0.4, -0.2) is 9.97 Å². The van der Waals surface area contributed by atoms with Gasteiger partial charge in [-0.2, -0.15) is 4.98 Å². The number of nitrogens with zero attached hydrogens (tertiary/aromatic N) is 1. The second-order valence-corrected chi connectivity index (χ2v) is 3.02. The lowest BCUT2D eigenvalue weighted by Crippen LogP contribution is -2.09. The van der Waals surface area contributed by atoms with E-state index in [4.69, 9.17) is 5.73 Å². The molecule has 0 radical (unpaired) electrons. The molecule has 0 unspecified atom stereocenters. The van der Waals surface area contributed by atoms with Gasteiger partial charge < -0.3 is 16.0 Å². The van der Waals surface area contributed by atoms with Gasteiger partial charge in [0.2, 0.25) is 0 Å². The van der Waals surface area contributed by atoms with Gasteiger partial charge in [0.15, 0.2) is 0 Å². The van der Waals surface area contributed by atoms with E-state index in [1.165, 1.54) is 6.20 Å². The SMILES string of the molecule is Nc1ccccc1Nc1cnc(=O)[nH]c1. The monoisotopic (exact) mass is 202 g/mol. The summed E-state index contributed by atoms with van der Waals surface area (Å²) in [6, 6.07) is 7.37. The molecule has 2 aromatic rings. The Morgan fingerprint density at radius 3 is 2.80 bits per heavy atom. The molecule has 1 heterocycles. The maximum absolute atomic E-state index is 10.7. The number of anilines is 3. The van der Waals surface area contributed by atoms with E-state index < -0.39 is 0 Å². The number of rotatable bonds is 2. The van der Waals surface area contributed by atoms with Crippen molar-refractivity contribution in [1.29, 1.82) is 0 Å². The number of H-pyrrole nitrogens is 1. The van der Waals surface area contributed by atoms with E-state index in [1.807, 2.05) is 18.2 Å². The van der Waals surface area contributed by atoms with Gasteiger partial charge in [0.25, 0.3) is 0 Å². The number of aromatic amines is 1. The normalized spacial score (nSPS) is 9.87. The Labute approximate surface area is 86.0 Å². The van der Waals surface area contributed by atoms with Gasteiger partial charge in [-0.1, -0.05) is 12.1 Å². The minimum atomic E-state index is -0.374. The van der Waals surface area contributed by atoms with Gasteiger partial charge in [-0.25, -0.2) is 4.79 Å². The molecule has 0 bridgehead atoms. The predicted molar refractivity (Wildman–Crippen MR) is 59.0 cm³/mol. The largest absolute Gasteiger partial charge is 0.397 e. The third-order valence-corrected chi connectivity index (χ3v) is 1.91. The number of nitrogen functional groups attached to an aromatic ring is 1. The number of para-hydroxylation sites is 2. The fraction of sp³-hybridized carbons (Fsp3) is 0. The number of hydrogen-bond donors (Lipinski definition) is 3. The molecule has 0 saturated carbocycles. The van der Waals surface area contributed by atoms with Crippen molar-refractivity contribution in [2.45, 2.75) is 0 Å². The molecule has 15 heavy (non-hydrogen) atoms. The molecule has 0 aliphatic rings. The number of aromatic nitrogens is 2. The van der Waals surface area contributed by atoms with E-state index in [9.17, 15) is 4.79 Å². The van der Waals surface area contributed by atoms with Gasteiger partial charge in [-0.3, -0.25) is 0 Å². The first-order valence-electron chi connectivity index (χ1n) is 4.42. The third-order valence-electron chi connectivity index (χ3n) is 1.91. The molecule has 0 fully saturated rings. The Morgan fingerprint density at radius 2 is 2.13 bits per heavy atom. The maximum atomic E-state index is 10.7. The van der Waals surface area contributed by atoms with Gasteiger partial charge in [0.1, 0.15) is 0 Å². The predicted octanol–water partition coefficient (Wildman–Crippen LogP) is 1.10. The molecular formula is C10H10N4O. The molecule has 1 aromatic carbocycles. The third kappa shape index (κ3) is 2.14. The van der Waals surface area contributed by atoms with Crippen molar-refractivity contribution >= 4 is 17.1 Å². The Balaban J connectivity index is 2.26. The molecule has 5 nitrogen and oxygen atoms in total. The second-order valence-electron chi connectivity index (χ2n) is 3.02. The highest BCUT2D eigenvalue weighted by Gasteiger charge is 1.98. The molecule has 0 aliphatic carbocycles. The molecule has 0 atom stereocenters. The van der Waals surface area contributed by atoms with Gasteiger partial charge >= 0.3 is 5.69 Å². The van der Waals surface area contributed by atoms with Gasteiger partial charge in [-0.05, 0) is 12.1 Å². The first kappa shape index (κ1) is 9.26. The maximum Gasteiger partial charge on any atom is 0.345 e. The second kappa shape index (κ2) is 3.83. The van der Waals surface area contributed by atoms with Crippen LogP contribution in [0, 0.1) is 0 Å². The van der Waals surface area contributed by atoms with Crippen LogP contribution in [0.3, 0.4) is 0 Å². The number of benzene rings is 1. The molecule has 2 rings (SSSR count). The van der Waals surface area contributed by atoms with Crippen molar-refractivity contribution in [3.8, 4) is 0 Å². The number of nitrogens with two attached hydrogens (primary N) is 1. The average molecular weight is 202 g/mol. The Hall–Kier alpha value is -2.30. The summed E-state index contributed by atoms with van der Waals surface area (Å²) in [7, 11) is 0. The molecular weight excluding hydrogens is 192 g/mol. The molecule has 0 spiro atoms. The summed E-state index contributed by atoms with van der Waals surface area (Å²) in [6.07, 6.45) is 2.99. The zero-order valence-electron chi connectivity index (χ0n) is 7.90. The zero-order chi connectivity index (χ0) is 10.7. The van der Waals surface area contributed by atoms with Crippen molar-refractivity contribution in [3.63, 3.8) is 0 Å². The van der Waals surface area contributed by atoms with Gasteiger partial charge in [-0.15, -0.1) is 0 Å². The van der Waals surface area contributed by atoms with Gasteiger partial charge in [0, 0.05) is 6.20 Å². The Morgan fingerprint density at radius 1 is 1.33 bits per heavy atom. The standard InChI is InChI=1S/C10H10N4O/c11-8-3-1-2-4-9(8)14-7-5-12-10(15)13-6-7/h1-6,14H,11H2,(H,12,13,15). The smallest absolute Gasteiger partial charge is 0.345 e. The van der Waals surface area contributed by atoms with E-state index >= 15 is 0 Å². The van der Waals surface area contributed by atoms with Crippen molar-refractivity contribution in [2.24, 2.45) is 0 Å². The minimum absolute atomic E-state index is 0.374. The summed E-state index contributed by atoms with van der Waals surface area (Å²) >= 11 is 0. The first-order valence-corrected chi connectivity index (χ1v) is 4.42. The highest BCUT2D eigenvalue weighted by Crippen LogP contribution is 2.20. The number of hydrogen-bond acceptors (Lipinski definition) is 4. The Bertz CT molecular complexity index is 500. The first-order chi connectivity index (χ1) is 7.25. The van der Waals surface area contributed by atoms with Crippen LogP contribution in [0.25, 0.3) is 0 Å². The zero-order valence-corrected chi connectivity index (χ0v) is 7.90. The summed E-state index contributed by atoms with van der Waals surface area (Å²) in [4.78, 5) is 16.8. The Kier molecular flexibility index (Phi) is 2.37. The minimum Gasteiger partial charge on any atom is -0.397 e. The van der Waals surface area contributed by atoms with E-state index in [0.717, 1.165) is 5.69 Å². The van der Waals surface area contributed by atoms with Crippen molar-refractivity contribution in [1.82, 2.24) is 9.97 Å². The summed E-state index contributed by atoms with van der Waals surface area (Å²) in [6.45, 7) is 0. The molecule has 76 valence electrons. The fourth-order valence-electron chi connectivity index (χ4n) is 1.18. The molecule has 0 saturated heterocycles. The van der Waals surface area contributed by atoms with Crippen LogP contribution in [-0.2, 0) is 0 Å². The van der Waals surface area contributed by atoms with Crippen molar-refractivity contribution in [3.05, 3.63) is 47.1 Å². The molecule has 4 N–H and O–H groups in total. The van der Waals surface area contributed by atoms with Crippen LogP contribution >= 0.6 is 0 Å². The van der Waals surface area contributed by atoms with Crippen molar-refractivity contribution in [2.75, 3.05) is 11.1 Å². The lowest BCUT2D eigenvalue weighted by atomic mass is 10.2. The average Bonchev–Trinajstić information content (AvgIpc) is 2.25.